The summed E-state index contributed by atoms with van der Waals surface area (Å²) >= 11 is 1.63. The number of benzene rings is 2. The Morgan fingerprint density at radius 1 is 0.889 bits per heavy atom. The van der Waals surface area contributed by atoms with Gasteiger partial charge in [-0.25, -0.2) is 0 Å². The quantitative estimate of drug-likeness (QED) is 0.446. The minimum absolute atomic E-state index is 0.741. The molecule has 0 N–H and O–H groups in total. The second-order valence-electron chi connectivity index (χ2n) is 5.91. The van der Waals surface area contributed by atoms with Gasteiger partial charge < -0.3 is 9.30 Å². The molecular weight excluding hydrogens is 356 g/mol. The third-order valence-electron chi connectivity index (χ3n) is 4.07. The monoisotopic (exact) mass is 374 g/mol. The normalized spacial score (nSPS) is 10.7. The zero-order chi connectivity index (χ0) is 18.5. The molecule has 0 aliphatic heterocycles. The van der Waals surface area contributed by atoms with Crippen LogP contribution in [-0.4, -0.2) is 19.7 Å². The molecule has 0 atom stereocenters. The Balaban J connectivity index is 1.51. The molecule has 0 amide bonds. The molecule has 0 radical (unpaired) electrons. The van der Waals surface area contributed by atoms with E-state index >= 15 is 0 Å². The molecule has 0 fully saturated rings. The van der Waals surface area contributed by atoms with E-state index in [0.29, 0.717) is 0 Å². The van der Waals surface area contributed by atoms with Gasteiger partial charge in [0.15, 0.2) is 11.0 Å². The van der Waals surface area contributed by atoms with Gasteiger partial charge in [0.2, 0.25) is 0 Å². The number of hydrogen-bond acceptors (Lipinski definition) is 5. The van der Waals surface area contributed by atoms with E-state index in [0.717, 1.165) is 39.4 Å². The number of rotatable bonds is 6. The summed E-state index contributed by atoms with van der Waals surface area (Å²) in [6, 6.07) is 21.7. The molecule has 2 heterocycles. The molecule has 27 heavy (non-hydrogen) atoms. The molecule has 0 aliphatic rings. The lowest BCUT2D eigenvalue weighted by molar-refractivity contribution is 0.478. The van der Waals surface area contributed by atoms with Crippen LogP contribution in [0, 0.1) is 0 Å². The predicted molar refractivity (Wildman–Crippen MR) is 107 cm³/mol. The van der Waals surface area contributed by atoms with Crippen molar-refractivity contribution >= 4 is 11.8 Å². The molecule has 6 heteroatoms. The maximum absolute atomic E-state index is 6.04. The van der Waals surface area contributed by atoms with Gasteiger partial charge in [0.1, 0.15) is 11.5 Å². The number of para-hydroxylation sites is 2. The summed E-state index contributed by atoms with van der Waals surface area (Å²) < 4.78 is 8.04. The van der Waals surface area contributed by atoms with Crippen molar-refractivity contribution in [3.63, 3.8) is 0 Å². The van der Waals surface area contributed by atoms with Crippen LogP contribution in [0.4, 0.5) is 0 Å². The highest BCUT2D eigenvalue weighted by Crippen LogP contribution is 2.31. The minimum atomic E-state index is 0.741. The van der Waals surface area contributed by atoms with Crippen LogP contribution in [-0.2, 0) is 12.8 Å². The summed E-state index contributed by atoms with van der Waals surface area (Å²) in [6.07, 6.45) is 3.52. The van der Waals surface area contributed by atoms with Gasteiger partial charge in [0, 0.05) is 36.3 Å². The third-order valence-corrected chi connectivity index (χ3v) is 5.14. The van der Waals surface area contributed by atoms with Crippen LogP contribution in [0.2, 0.25) is 0 Å². The number of hydrogen-bond donors (Lipinski definition) is 0. The molecule has 0 saturated carbocycles. The predicted octanol–water partition coefficient (Wildman–Crippen LogP) is 4.96. The summed E-state index contributed by atoms with van der Waals surface area (Å²) in [4.78, 5) is 4.05. The average molecular weight is 374 g/mol. The summed E-state index contributed by atoms with van der Waals surface area (Å²) in [5, 5.41) is 9.51. The first-order valence-corrected chi connectivity index (χ1v) is 9.53. The van der Waals surface area contributed by atoms with E-state index in [1.165, 1.54) is 0 Å². The van der Waals surface area contributed by atoms with Gasteiger partial charge in [-0.05, 0) is 30.3 Å². The summed E-state index contributed by atoms with van der Waals surface area (Å²) in [5.74, 6) is 3.25. The van der Waals surface area contributed by atoms with Crippen molar-refractivity contribution in [2.75, 3.05) is 0 Å². The second-order valence-corrected chi connectivity index (χ2v) is 6.86. The lowest BCUT2D eigenvalue weighted by Gasteiger charge is -2.11. The van der Waals surface area contributed by atoms with Crippen molar-refractivity contribution in [2.45, 2.75) is 10.9 Å². The Hall–Kier alpha value is -3.12. The molecule has 0 spiro atoms. The van der Waals surface area contributed by atoms with Crippen LogP contribution in [0.5, 0.6) is 11.5 Å². The van der Waals surface area contributed by atoms with Gasteiger partial charge in [-0.2, -0.15) is 0 Å². The number of nitrogens with zero attached hydrogens (tertiary/aromatic N) is 4. The van der Waals surface area contributed by atoms with Gasteiger partial charge >= 0.3 is 0 Å². The molecule has 2 aromatic carbocycles. The zero-order valence-electron chi connectivity index (χ0n) is 14.8. The fourth-order valence-corrected chi connectivity index (χ4v) is 3.58. The van der Waals surface area contributed by atoms with Gasteiger partial charge in [0.05, 0.1) is 0 Å². The second kappa shape index (κ2) is 8.05. The smallest absolute Gasteiger partial charge is 0.191 e. The number of ether oxygens (including phenoxy) is 1. The molecule has 134 valence electrons. The number of aromatic nitrogens is 4. The zero-order valence-corrected chi connectivity index (χ0v) is 15.6. The summed E-state index contributed by atoms with van der Waals surface area (Å²) in [7, 11) is 1.98. The van der Waals surface area contributed by atoms with E-state index in [2.05, 4.69) is 21.2 Å². The third kappa shape index (κ3) is 4.01. The molecule has 0 bridgehead atoms. The highest BCUT2D eigenvalue weighted by molar-refractivity contribution is 7.98. The Bertz CT molecular complexity index is 1020. The molecule has 5 nitrogen and oxygen atoms in total. The van der Waals surface area contributed by atoms with Crippen LogP contribution in [0.1, 0.15) is 5.56 Å². The highest BCUT2D eigenvalue weighted by Gasteiger charge is 2.12. The van der Waals surface area contributed by atoms with Crippen LogP contribution < -0.4 is 4.74 Å². The number of thioether (sulfide) groups is 1. The van der Waals surface area contributed by atoms with E-state index in [-0.39, 0.29) is 0 Å². The molecule has 4 rings (SSSR count). The first kappa shape index (κ1) is 17.3. The van der Waals surface area contributed by atoms with E-state index in [1.54, 1.807) is 24.2 Å². The Kier molecular flexibility index (Phi) is 5.16. The van der Waals surface area contributed by atoms with Crippen molar-refractivity contribution < 1.29 is 4.74 Å². The SMILES string of the molecule is Cn1c(SCc2ccccc2Oc2ccccc2)nnc1-c1ccncc1. The van der Waals surface area contributed by atoms with Crippen LogP contribution >= 0.6 is 11.8 Å². The molecule has 0 saturated heterocycles. The van der Waals surface area contributed by atoms with Crippen LogP contribution in [0.15, 0.2) is 84.3 Å². The van der Waals surface area contributed by atoms with Crippen molar-refractivity contribution in [1.29, 1.82) is 0 Å². The van der Waals surface area contributed by atoms with Crippen molar-refractivity contribution in [3.05, 3.63) is 84.7 Å². The molecule has 4 aromatic rings. The van der Waals surface area contributed by atoms with Crippen LogP contribution in [0.25, 0.3) is 11.4 Å². The fraction of sp³-hybridized carbons (Fsp3) is 0.0952. The standard InChI is InChI=1S/C21H18N4OS/c1-25-20(16-11-13-22-14-12-16)23-24-21(25)27-15-17-7-5-6-10-19(17)26-18-8-3-2-4-9-18/h2-14H,15H2,1H3. The fourth-order valence-electron chi connectivity index (χ4n) is 2.67. The highest BCUT2D eigenvalue weighted by atomic mass is 32.2. The molecule has 2 aromatic heterocycles. The number of pyridine rings is 1. The molecular formula is C21H18N4OS. The van der Waals surface area contributed by atoms with E-state index in [9.17, 15) is 0 Å². The van der Waals surface area contributed by atoms with Crippen molar-refractivity contribution in [1.82, 2.24) is 19.7 Å². The Morgan fingerprint density at radius 2 is 1.63 bits per heavy atom. The lowest BCUT2D eigenvalue weighted by atomic mass is 10.2. The Morgan fingerprint density at radius 3 is 2.44 bits per heavy atom. The van der Waals surface area contributed by atoms with Gasteiger partial charge in [0.25, 0.3) is 0 Å². The van der Waals surface area contributed by atoms with Crippen LogP contribution in [0.3, 0.4) is 0 Å². The van der Waals surface area contributed by atoms with E-state index in [1.807, 2.05) is 72.3 Å². The van der Waals surface area contributed by atoms with Gasteiger partial charge in [-0.1, -0.05) is 48.2 Å². The summed E-state index contributed by atoms with van der Waals surface area (Å²) in [5.41, 5.74) is 2.11. The minimum Gasteiger partial charge on any atom is -0.457 e. The first-order valence-electron chi connectivity index (χ1n) is 8.54. The van der Waals surface area contributed by atoms with E-state index in [4.69, 9.17) is 4.74 Å². The van der Waals surface area contributed by atoms with Gasteiger partial charge in [-0.15, -0.1) is 10.2 Å². The first-order chi connectivity index (χ1) is 13.3. The maximum atomic E-state index is 6.04. The molecule has 0 unspecified atom stereocenters. The topological polar surface area (TPSA) is 52.8 Å². The average Bonchev–Trinajstić information content (AvgIpc) is 3.09. The maximum Gasteiger partial charge on any atom is 0.191 e. The Labute approximate surface area is 162 Å². The largest absolute Gasteiger partial charge is 0.457 e. The van der Waals surface area contributed by atoms with Crippen molar-refractivity contribution in [3.8, 4) is 22.9 Å². The van der Waals surface area contributed by atoms with E-state index < -0.39 is 0 Å². The summed E-state index contributed by atoms with van der Waals surface area (Å²) in [6.45, 7) is 0. The molecule has 0 aliphatic carbocycles. The van der Waals surface area contributed by atoms with Gasteiger partial charge in [-0.3, -0.25) is 4.98 Å². The van der Waals surface area contributed by atoms with Crippen molar-refractivity contribution in [2.24, 2.45) is 7.05 Å². The lowest BCUT2D eigenvalue weighted by Crippen LogP contribution is -1.96.